The third-order valence-corrected chi connectivity index (χ3v) is 4.24. The summed E-state index contributed by atoms with van der Waals surface area (Å²) in [7, 11) is 1.42. The van der Waals surface area contributed by atoms with Crippen LogP contribution < -0.4 is 4.74 Å². The zero-order valence-corrected chi connectivity index (χ0v) is 16.7. The second-order valence-electron chi connectivity index (χ2n) is 7.47. The smallest absolute Gasteiger partial charge is 0.410 e. The average Bonchev–Trinajstić information content (AvgIpc) is 2.65. The van der Waals surface area contributed by atoms with Crippen molar-refractivity contribution in [2.24, 2.45) is 0 Å². The molecular weight excluding hydrogens is 364 g/mol. The van der Waals surface area contributed by atoms with E-state index in [1.165, 1.54) is 19.4 Å². The molecule has 0 N–H and O–H groups in total. The third kappa shape index (κ3) is 5.86. The SMILES string of the molecule is COc1cc(CN(C(=O)OC(C)(C)C)C2CCOCC2)ccc1C(=O)OC#N. The predicted octanol–water partition coefficient (Wildman–Crippen LogP) is 3.25. The molecule has 1 aromatic carbocycles. The lowest BCUT2D eigenvalue weighted by molar-refractivity contribution is -0.00812. The number of benzene rings is 1. The number of carbonyl (C=O) groups is 2. The van der Waals surface area contributed by atoms with Gasteiger partial charge in [0, 0.05) is 25.8 Å². The molecule has 0 radical (unpaired) electrons. The molecule has 1 amide bonds. The molecular formula is C20H26N2O6. The van der Waals surface area contributed by atoms with Crippen molar-refractivity contribution < 1.29 is 28.5 Å². The fourth-order valence-electron chi connectivity index (χ4n) is 2.96. The molecule has 0 bridgehead atoms. The van der Waals surface area contributed by atoms with E-state index in [-0.39, 0.29) is 17.4 Å². The summed E-state index contributed by atoms with van der Waals surface area (Å²) in [6, 6.07) is 4.88. The Kier molecular flexibility index (Phi) is 7.24. The molecule has 0 atom stereocenters. The standard InChI is InChI=1S/C20H26N2O6/c1-20(2,3)28-19(24)22(15-7-9-26-10-8-15)12-14-5-6-16(17(11-14)25-4)18(23)27-13-21/h5-6,11,15H,7-10,12H2,1-4H3. The van der Waals surface area contributed by atoms with Gasteiger partial charge in [-0.15, -0.1) is 5.26 Å². The minimum absolute atomic E-state index is 0.00201. The number of rotatable bonds is 5. The maximum Gasteiger partial charge on any atom is 0.410 e. The number of methoxy groups -OCH3 is 1. The van der Waals surface area contributed by atoms with Crippen LogP contribution in [-0.4, -0.2) is 48.9 Å². The van der Waals surface area contributed by atoms with Crippen LogP contribution in [0, 0.1) is 11.5 Å². The van der Waals surface area contributed by atoms with Crippen molar-refractivity contribution in [2.45, 2.75) is 51.8 Å². The number of esters is 1. The van der Waals surface area contributed by atoms with Crippen molar-refractivity contribution in [3.63, 3.8) is 0 Å². The number of nitrogens with zero attached hydrogens (tertiary/aromatic N) is 2. The lowest BCUT2D eigenvalue weighted by Gasteiger charge is -2.35. The van der Waals surface area contributed by atoms with Crippen LogP contribution in [-0.2, 0) is 20.8 Å². The number of ether oxygens (including phenoxy) is 4. The van der Waals surface area contributed by atoms with Crippen molar-refractivity contribution in [1.82, 2.24) is 4.90 Å². The minimum Gasteiger partial charge on any atom is -0.496 e. The Balaban J connectivity index is 2.26. The predicted molar refractivity (Wildman–Crippen MR) is 99.6 cm³/mol. The second-order valence-corrected chi connectivity index (χ2v) is 7.47. The number of carbonyl (C=O) groups excluding carboxylic acids is 2. The highest BCUT2D eigenvalue weighted by atomic mass is 16.6. The normalized spacial score (nSPS) is 14.7. The molecule has 0 aliphatic carbocycles. The molecule has 0 saturated carbocycles. The first-order chi connectivity index (χ1) is 13.2. The van der Waals surface area contributed by atoms with Crippen molar-refractivity contribution in [3.05, 3.63) is 29.3 Å². The zero-order chi connectivity index (χ0) is 20.7. The van der Waals surface area contributed by atoms with Gasteiger partial charge in [0.15, 0.2) is 0 Å². The Labute approximate surface area is 164 Å². The highest BCUT2D eigenvalue weighted by molar-refractivity contribution is 5.93. The lowest BCUT2D eigenvalue weighted by Crippen LogP contribution is -2.45. The van der Waals surface area contributed by atoms with Gasteiger partial charge >= 0.3 is 12.1 Å². The number of hydrogen-bond donors (Lipinski definition) is 0. The third-order valence-electron chi connectivity index (χ3n) is 4.24. The molecule has 8 heteroatoms. The Morgan fingerprint density at radius 2 is 1.96 bits per heavy atom. The summed E-state index contributed by atoms with van der Waals surface area (Å²) < 4.78 is 20.6. The zero-order valence-electron chi connectivity index (χ0n) is 16.7. The maximum atomic E-state index is 12.8. The molecule has 2 rings (SSSR count). The first-order valence-corrected chi connectivity index (χ1v) is 9.09. The van der Waals surface area contributed by atoms with Crippen molar-refractivity contribution >= 4 is 12.1 Å². The highest BCUT2D eigenvalue weighted by Crippen LogP contribution is 2.25. The lowest BCUT2D eigenvalue weighted by atomic mass is 10.1. The van der Waals surface area contributed by atoms with Gasteiger partial charge in [-0.25, -0.2) is 9.59 Å². The maximum absolute atomic E-state index is 12.8. The molecule has 8 nitrogen and oxygen atoms in total. The molecule has 0 unspecified atom stereocenters. The van der Waals surface area contributed by atoms with Gasteiger partial charge in [0.25, 0.3) is 6.26 Å². The van der Waals surface area contributed by atoms with E-state index in [1.54, 1.807) is 17.0 Å². The summed E-state index contributed by atoms with van der Waals surface area (Å²) in [5.74, 6) is -0.520. The van der Waals surface area contributed by atoms with Gasteiger partial charge in [-0.2, -0.15) is 0 Å². The van der Waals surface area contributed by atoms with Crippen LogP contribution in [0.15, 0.2) is 18.2 Å². The number of nitriles is 1. The van der Waals surface area contributed by atoms with Gasteiger partial charge < -0.3 is 23.8 Å². The topological polar surface area (TPSA) is 98.1 Å². The summed E-state index contributed by atoms with van der Waals surface area (Å²) in [4.78, 5) is 26.3. The summed E-state index contributed by atoms with van der Waals surface area (Å²) in [6.45, 7) is 6.95. The molecule has 1 aliphatic heterocycles. The van der Waals surface area contributed by atoms with E-state index < -0.39 is 17.7 Å². The Morgan fingerprint density at radius 3 is 2.54 bits per heavy atom. The Bertz CT molecular complexity index is 744. The summed E-state index contributed by atoms with van der Waals surface area (Å²) in [5.41, 5.74) is 0.300. The second kappa shape index (κ2) is 9.42. The van der Waals surface area contributed by atoms with E-state index in [9.17, 15) is 9.59 Å². The molecule has 28 heavy (non-hydrogen) atoms. The van der Waals surface area contributed by atoms with E-state index in [4.69, 9.17) is 19.5 Å². The molecule has 1 saturated heterocycles. The first kappa shape index (κ1) is 21.5. The van der Waals surface area contributed by atoms with Crippen LogP contribution in [0.1, 0.15) is 49.5 Å². The van der Waals surface area contributed by atoms with Crippen LogP contribution in [0.25, 0.3) is 0 Å². The van der Waals surface area contributed by atoms with Crippen molar-refractivity contribution in [1.29, 1.82) is 5.26 Å². The van der Waals surface area contributed by atoms with E-state index in [0.29, 0.717) is 19.8 Å². The van der Waals surface area contributed by atoms with Crippen LogP contribution in [0.4, 0.5) is 4.79 Å². The van der Waals surface area contributed by atoms with Gasteiger partial charge in [-0.1, -0.05) is 6.07 Å². The van der Waals surface area contributed by atoms with Gasteiger partial charge in [0.05, 0.1) is 7.11 Å². The highest BCUT2D eigenvalue weighted by Gasteiger charge is 2.30. The van der Waals surface area contributed by atoms with Gasteiger partial charge in [0.2, 0.25) is 0 Å². The Hall–Kier alpha value is -2.79. The fraction of sp³-hybridized carbons (Fsp3) is 0.550. The summed E-state index contributed by atoms with van der Waals surface area (Å²) >= 11 is 0. The minimum atomic E-state index is -0.792. The van der Waals surface area contributed by atoms with Gasteiger partial charge in [-0.3, -0.25) is 0 Å². The van der Waals surface area contributed by atoms with Crippen LogP contribution >= 0.6 is 0 Å². The largest absolute Gasteiger partial charge is 0.496 e. The van der Waals surface area contributed by atoms with E-state index in [0.717, 1.165) is 18.4 Å². The molecule has 1 aliphatic rings. The van der Waals surface area contributed by atoms with E-state index >= 15 is 0 Å². The van der Waals surface area contributed by atoms with E-state index in [2.05, 4.69) is 4.74 Å². The number of amides is 1. The molecule has 1 aromatic rings. The molecule has 152 valence electrons. The van der Waals surface area contributed by atoms with Gasteiger partial charge in [0.1, 0.15) is 16.9 Å². The molecule has 1 heterocycles. The van der Waals surface area contributed by atoms with Gasteiger partial charge in [-0.05, 0) is 51.3 Å². The molecule has 0 spiro atoms. The molecule has 1 fully saturated rings. The fourth-order valence-corrected chi connectivity index (χ4v) is 2.96. The monoisotopic (exact) mass is 390 g/mol. The van der Waals surface area contributed by atoms with Crippen molar-refractivity contribution in [3.8, 4) is 12.0 Å². The van der Waals surface area contributed by atoms with Crippen LogP contribution in [0.3, 0.4) is 0 Å². The van der Waals surface area contributed by atoms with Crippen LogP contribution in [0.5, 0.6) is 5.75 Å². The van der Waals surface area contributed by atoms with Crippen molar-refractivity contribution in [2.75, 3.05) is 20.3 Å². The Morgan fingerprint density at radius 1 is 1.29 bits per heavy atom. The quantitative estimate of drug-likeness (QED) is 0.562. The molecule has 0 aromatic heterocycles. The van der Waals surface area contributed by atoms with E-state index in [1.807, 2.05) is 20.8 Å². The average molecular weight is 390 g/mol. The first-order valence-electron chi connectivity index (χ1n) is 9.09. The number of hydrogen-bond acceptors (Lipinski definition) is 7. The summed E-state index contributed by atoms with van der Waals surface area (Å²) in [6.07, 6.45) is 2.41. The van der Waals surface area contributed by atoms with Crippen LogP contribution in [0.2, 0.25) is 0 Å². The summed E-state index contributed by atoms with van der Waals surface area (Å²) in [5, 5.41) is 8.53.